The zero-order chi connectivity index (χ0) is 47.8. The number of nitrogens with one attached hydrogen (secondary N) is 1. The molecule has 3 unspecified atom stereocenters. The van der Waals surface area contributed by atoms with Crippen molar-refractivity contribution in [3.05, 3.63) is 0 Å². The number of aliphatic hydroxyl groups is 1. The Labute approximate surface area is 406 Å². The molecule has 0 fully saturated rings. The number of carbonyl (C=O) groups excluding carboxylic acids is 1. The van der Waals surface area contributed by atoms with Gasteiger partial charge in [-0.25, -0.2) is 0 Å². The Morgan fingerprint density at radius 3 is 1.05 bits per heavy atom. The van der Waals surface area contributed by atoms with Crippen molar-refractivity contribution in [3.63, 3.8) is 0 Å². The van der Waals surface area contributed by atoms with Crippen LogP contribution < -0.4 is 10.2 Å². The van der Waals surface area contributed by atoms with Crippen LogP contribution in [0.15, 0.2) is 0 Å². The molecule has 0 aromatic heterocycles. The van der Waals surface area contributed by atoms with Crippen LogP contribution >= 0.6 is 7.82 Å². The number of phosphoric acid groups is 1. The molecule has 0 spiro atoms. The second kappa shape index (κ2) is 48.5. The van der Waals surface area contributed by atoms with Gasteiger partial charge in [0.25, 0.3) is 7.82 Å². The van der Waals surface area contributed by atoms with Gasteiger partial charge in [0, 0.05) is 6.42 Å². The van der Waals surface area contributed by atoms with Crippen LogP contribution in [0, 0.1) is 0 Å². The van der Waals surface area contributed by atoms with Gasteiger partial charge in [0.2, 0.25) is 5.91 Å². The molecule has 0 bridgehead atoms. The van der Waals surface area contributed by atoms with Crippen molar-refractivity contribution < 1.29 is 32.9 Å². The number of likely N-dealkylation sites (N-methyl/N-ethyl adjacent to an activating group) is 1. The van der Waals surface area contributed by atoms with Gasteiger partial charge in [0.05, 0.1) is 39.9 Å². The van der Waals surface area contributed by atoms with Crippen LogP contribution in [0.1, 0.15) is 303 Å². The predicted molar refractivity (Wildman–Crippen MR) is 279 cm³/mol. The molecule has 390 valence electrons. The Bertz CT molecular complexity index is 1030. The van der Waals surface area contributed by atoms with E-state index in [9.17, 15) is 19.4 Å². The van der Waals surface area contributed by atoms with Crippen LogP contribution in [0.2, 0.25) is 0 Å². The van der Waals surface area contributed by atoms with Crippen molar-refractivity contribution in [2.45, 2.75) is 315 Å². The summed E-state index contributed by atoms with van der Waals surface area (Å²) in [5.41, 5.74) is 0. The minimum atomic E-state index is -4.54. The van der Waals surface area contributed by atoms with E-state index in [1.54, 1.807) is 0 Å². The molecule has 0 saturated carbocycles. The summed E-state index contributed by atoms with van der Waals surface area (Å²) in [7, 11) is 1.31. The van der Waals surface area contributed by atoms with Gasteiger partial charge in [0.1, 0.15) is 13.2 Å². The lowest BCUT2D eigenvalue weighted by Crippen LogP contribution is -2.46. The lowest BCUT2D eigenvalue weighted by atomic mass is 10.0. The molecule has 0 aliphatic carbocycles. The molecule has 65 heavy (non-hydrogen) atoms. The standard InChI is InChI=1S/C56H115N2O6P/c1-6-8-10-12-13-14-15-16-17-18-19-20-21-22-23-24-25-26-27-28-29-30-31-32-33-34-35-36-37-38-39-40-41-42-43-44-45-46-48-50-56(60)57-54(55(59)49-47-11-9-7-2)53-64-65(61,62)63-52-51-58(3,4)5/h54-55,59H,6-53H2,1-5H3,(H-,57,60,61,62). The summed E-state index contributed by atoms with van der Waals surface area (Å²) < 4.78 is 23.1. The average molecular weight is 944 g/mol. The fraction of sp³-hybridized carbons (Fsp3) is 0.982. The molecular formula is C56H115N2O6P. The number of quaternary nitrogens is 1. The lowest BCUT2D eigenvalue weighted by molar-refractivity contribution is -0.870. The van der Waals surface area contributed by atoms with Crippen molar-refractivity contribution in [1.29, 1.82) is 0 Å². The van der Waals surface area contributed by atoms with Gasteiger partial charge in [-0.05, 0) is 12.8 Å². The molecule has 2 N–H and O–H groups in total. The van der Waals surface area contributed by atoms with Gasteiger partial charge in [-0.15, -0.1) is 0 Å². The fourth-order valence-corrected chi connectivity index (χ4v) is 9.77. The third-order valence-electron chi connectivity index (χ3n) is 13.6. The van der Waals surface area contributed by atoms with Gasteiger partial charge in [-0.2, -0.15) is 0 Å². The highest BCUT2D eigenvalue weighted by atomic mass is 31.2. The first-order chi connectivity index (χ1) is 31.5. The fourth-order valence-electron chi connectivity index (χ4n) is 9.04. The molecular weight excluding hydrogens is 828 g/mol. The molecule has 0 heterocycles. The van der Waals surface area contributed by atoms with Crippen LogP contribution in [-0.2, 0) is 18.4 Å². The summed E-state index contributed by atoms with van der Waals surface area (Å²) in [5, 5.41) is 13.7. The number of amides is 1. The summed E-state index contributed by atoms with van der Waals surface area (Å²) in [6.45, 7) is 4.63. The Kier molecular flexibility index (Phi) is 48.1. The molecule has 0 aromatic rings. The van der Waals surface area contributed by atoms with E-state index < -0.39 is 20.0 Å². The molecule has 8 nitrogen and oxygen atoms in total. The number of aliphatic hydroxyl groups excluding tert-OH is 1. The van der Waals surface area contributed by atoms with Crippen LogP contribution in [0.4, 0.5) is 0 Å². The van der Waals surface area contributed by atoms with Gasteiger partial charge in [-0.3, -0.25) is 9.36 Å². The number of hydrogen-bond acceptors (Lipinski definition) is 6. The predicted octanol–water partition coefficient (Wildman–Crippen LogP) is 16.6. The third-order valence-corrected chi connectivity index (χ3v) is 14.6. The van der Waals surface area contributed by atoms with Crippen molar-refractivity contribution in [1.82, 2.24) is 5.32 Å². The smallest absolute Gasteiger partial charge is 0.268 e. The Balaban J connectivity index is 3.57. The van der Waals surface area contributed by atoms with E-state index in [0.29, 0.717) is 23.9 Å². The van der Waals surface area contributed by atoms with Crippen molar-refractivity contribution in [2.24, 2.45) is 0 Å². The Morgan fingerprint density at radius 1 is 0.477 bits per heavy atom. The highest BCUT2D eigenvalue weighted by molar-refractivity contribution is 7.45. The minimum Gasteiger partial charge on any atom is -0.756 e. The number of unbranched alkanes of at least 4 members (excludes halogenated alkanes) is 41. The van der Waals surface area contributed by atoms with E-state index in [-0.39, 0.29) is 19.1 Å². The third kappa shape index (κ3) is 51.2. The monoisotopic (exact) mass is 943 g/mol. The Hall–Kier alpha value is -0.500. The number of hydrogen-bond donors (Lipinski definition) is 2. The average Bonchev–Trinajstić information content (AvgIpc) is 3.26. The quantitative estimate of drug-likeness (QED) is 0.0357. The van der Waals surface area contributed by atoms with Crippen LogP contribution in [-0.4, -0.2) is 68.5 Å². The van der Waals surface area contributed by atoms with E-state index in [0.717, 1.165) is 44.9 Å². The molecule has 0 rings (SSSR count). The second-order valence-corrected chi connectivity index (χ2v) is 22.8. The highest BCUT2D eigenvalue weighted by Gasteiger charge is 2.24. The van der Waals surface area contributed by atoms with E-state index in [4.69, 9.17) is 9.05 Å². The lowest BCUT2D eigenvalue weighted by Gasteiger charge is -2.30. The normalized spacial score (nSPS) is 13.9. The van der Waals surface area contributed by atoms with E-state index >= 15 is 0 Å². The maximum atomic E-state index is 12.8. The zero-order valence-electron chi connectivity index (χ0n) is 44.5. The number of phosphoric ester groups is 1. The molecule has 0 radical (unpaired) electrons. The summed E-state index contributed by atoms with van der Waals surface area (Å²) in [5.74, 6) is -0.167. The van der Waals surface area contributed by atoms with Crippen molar-refractivity contribution in [2.75, 3.05) is 40.9 Å². The molecule has 0 aromatic carbocycles. The maximum absolute atomic E-state index is 12.8. The molecule has 0 aliphatic heterocycles. The molecule has 1 amide bonds. The van der Waals surface area contributed by atoms with E-state index in [1.807, 2.05) is 21.1 Å². The first-order valence-electron chi connectivity index (χ1n) is 28.9. The van der Waals surface area contributed by atoms with Gasteiger partial charge in [-0.1, -0.05) is 284 Å². The number of nitrogens with zero attached hydrogens (tertiary/aromatic N) is 1. The summed E-state index contributed by atoms with van der Waals surface area (Å²) >= 11 is 0. The molecule has 9 heteroatoms. The summed E-state index contributed by atoms with van der Waals surface area (Å²) in [4.78, 5) is 25.1. The second-order valence-electron chi connectivity index (χ2n) is 21.4. The summed E-state index contributed by atoms with van der Waals surface area (Å²) in [6.07, 6.45) is 58.3. The first-order valence-corrected chi connectivity index (χ1v) is 30.3. The number of rotatable bonds is 54. The number of carbonyl (C=O) groups is 1. The Morgan fingerprint density at radius 2 is 0.754 bits per heavy atom. The van der Waals surface area contributed by atoms with Gasteiger partial charge in [0.15, 0.2) is 0 Å². The van der Waals surface area contributed by atoms with Gasteiger partial charge >= 0.3 is 0 Å². The van der Waals surface area contributed by atoms with Crippen molar-refractivity contribution in [3.8, 4) is 0 Å². The van der Waals surface area contributed by atoms with E-state index in [1.165, 1.54) is 231 Å². The van der Waals surface area contributed by atoms with E-state index in [2.05, 4.69) is 19.2 Å². The molecule has 0 aliphatic rings. The zero-order valence-corrected chi connectivity index (χ0v) is 45.4. The molecule has 3 atom stereocenters. The summed E-state index contributed by atoms with van der Waals surface area (Å²) in [6, 6.07) is -0.791. The SMILES string of the molecule is CCCCCCCCCCCCCCCCCCCCCCCCCCCCCCCCCCCCCCCCCC(=O)NC(COP(=O)([O-])OCC[N+](C)(C)C)C(O)CCCCCC. The van der Waals surface area contributed by atoms with Crippen molar-refractivity contribution >= 4 is 13.7 Å². The minimum absolute atomic E-state index is 0.0145. The highest BCUT2D eigenvalue weighted by Crippen LogP contribution is 2.38. The van der Waals surface area contributed by atoms with Crippen LogP contribution in [0.3, 0.4) is 0 Å². The molecule has 0 saturated heterocycles. The van der Waals surface area contributed by atoms with Crippen LogP contribution in [0.5, 0.6) is 0 Å². The largest absolute Gasteiger partial charge is 0.756 e. The van der Waals surface area contributed by atoms with Crippen LogP contribution in [0.25, 0.3) is 0 Å². The first kappa shape index (κ1) is 64.5. The maximum Gasteiger partial charge on any atom is 0.268 e. The topological polar surface area (TPSA) is 108 Å². The van der Waals surface area contributed by atoms with Gasteiger partial charge < -0.3 is 28.8 Å².